The molecule has 2 aromatic rings. The molecule has 0 radical (unpaired) electrons. The van der Waals surface area contributed by atoms with Gasteiger partial charge >= 0.3 is 0 Å². The van der Waals surface area contributed by atoms with E-state index >= 15 is 0 Å². The Hall–Kier alpha value is -2.29. The molecule has 1 atom stereocenters. The summed E-state index contributed by atoms with van der Waals surface area (Å²) >= 11 is 1.39. The van der Waals surface area contributed by atoms with Gasteiger partial charge in [0.15, 0.2) is 11.0 Å². The van der Waals surface area contributed by atoms with E-state index in [0.717, 1.165) is 0 Å². The molecule has 1 fully saturated rings. The molecule has 1 unspecified atom stereocenters. The van der Waals surface area contributed by atoms with Gasteiger partial charge in [0.05, 0.1) is 12.5 Å². The van der Waals surface area contributed by atoms with E-state index in [-0.39, 0.29) is 30.7 Å². The second-order valence-corrected chi connectivity index (χ2v) is 5.63. The van der Waals surface area contributed by atoms with Crippen molar-refractivity contribution in [3.05, 3.63) is 23.8 Å². The van der Waals surface area contributed by atoms with Gasteiger partial charge in [-0.05, 0) is 0 Å². The number of amides is 2. The van der Waals surface area contributed by atoms with Crippen LogP contribution in [0.5, 0.6) is 0 Å². The average molecular weight is 307 g/mol. The van der Waals surface area contributed by atoms with Crippen LogP contribution in [0.25, 0.3) is 0 Å². The van der Waals surface area contributed by atoms with Gasteiger partial charge in [-0.1, -0.05) is 5.16 Å². The second-order valence-electron chi connectivity index (χ2n) is 4.76. The molecule has 1 aliphatic rings. The van der Waals surface area contributed by atoms with Gasteiger partial charge in [0, 0.05) is 31.6 Å². The Kier molecular flexibility index (Phi) is 3.65. The summed E-state index contributed by atoms with van der Waals surface area (Å²) in [6.45, 7) is 0.624. The molecule has 0 saturated carbocycles. The highest BCUT2D eigenvalue weighted by Gasteiger charge is 2.37. The maximum atomic E-state index is 12.4. The van der Waals surface area contributed by atoms with Crippen molar-refractivity contribution in [1.29, 1.82) is 0 Å². The lowest BCUT2D eigenvalue weighted by atomic mass is 10.1. The van der Waals surface area contributed by atoms with Crippen LogP contribution < -0.4 is 4.90 Å². The van der Waals surface area contributed by atoms with Crippen LogP contribution in [0.1, 0.15) is 12.2 Å². The van der Waals surface area contributed by atoms with Crippen molar-refractivity contribution in [3.63, 3.8) is 0 Å². The van der Waals surface area contributed by atoms with Gasteiger partial charge in [-0.2, -0.15) is 4.98 Å². The number of nitrogens with zero attached hydrogens (tertiary/aromatic N) is 5. The Bertz CT molecular complexity index is 627. The minimum absolute atomic E-state index is 0.0729. The summed E-state index contributed by atoms with van der Waals surface area (Å²) in [6, 6.07) is 0. The van der Waals surface area contributed by atoms with Gasteiger partial charge in [-0.25, -0.2) is 4.98 Å². The molecule has 0 aromatic carbocycles. The Morgan fingerprint density at radius 3 is 3.10 bits per heavy atom. The van der Waals surface area contributed by atoms with E-state index in [9.17, 15) is 9.59 Å². The van der Waals surface area contributed by atoms with Crippen molar-refractivity contribution in [2.45, 2.75) is 13.0 Å². The Morgan fingerprint density at radius 1 is 1.57 bits per heavy atom. The highest BCUT2D eigenvalue weighted by atomic mass is 32.1. The number of hydrogen-bond donors (Lipinski definition) is 0. The quantitative estimate of drug-likeness (QED) is 0.818. The molecule has 3 heterocycles. The zero-order valence-electron chi connectivity index (χ0n) is 11.3. The number of carbonyl (C=O) groups is 2. The molecule has 9 heteroatoms. The first-order valence-electron chi connectivity index (χ1n) is 6.35. The smallest absolute Gasteiger partial charge is 0.229 e. The summed E-state index contributed by atoms with van der Waals surface area (Å²) in [6.07, 6.45) is 3.07. The van der Waals surface area contributed by atoms with E-state index in [4.69, 9.17) is 0 Å². The second kappa shape index (κ2) is 5.60. The number of aromatic nitrogens is 3. The van der Waals surface area contributed by atoms with E-state index in [0.29, 0.717) is 17.5 Å². The van der Waals surface area contributed by atoms with Crippen molar-refractivity contribution in [2.75, 3.05) is 18.5 Å². The van der Waals surface area contributed by atoms with E-state index in [1.807, 2.05) is 0 Å². The van der Waals surface area contributed by atoms with E-state index in [1.165, 1.54) is 22.6 Å². The minimum atomic E-state index is -0.363. The molecule has 3 rings (SSSR count). The lowest BCUT2D eigenvalue weighted by Crippen LogP contribution is -2.34. The highest BCUT2D eigenvalue weighted by Crippen LogP contribution is 2.27. The normalized spacial score (nSPS) is 18.2. The highest BCUT2D eigenvalue weighted by molar-refractivity contribution is 7.13. The van der Waals surface area contributed by atoms with Crippen LogP contribution in [0.2, 0.25) is 0 Å². The summed E-state index contributed by atoms with van der Waals surface area (Å²) in [4.78, 5) is 35.5. The molecular weight excluding hydrogens is 294 g/mol. The summed E-state index contributed by atoms with van der Waals surface area (Å²) < 4.78 is 4.64. The number of anilines is 1. The van der Waals surface area contributed by atoms with Gasteiger partial charge < -0.3 is 9.42 Å². The Balaban J connectivity index is 1.65. The lowest BCUT2D eigenvalue weighted by molar-refractivity contribution is -0.135. The van der Waals surface area contributed by atoms with Crippen molar-refractivity contribution < 1.29 is 14.1 Å². The molecule has 0 spiro atoms. The first-order valence-corrected chi connectivity index (χ1v) is 7.23. The molecule has 2 aromatic heterocycles. The number of thiazole rings is 1. The van der Waals surface area contributed by atoms with Gasteiger partial charge in [-0.3, -0.25) is 14.5 Å². The molecule has 1 aliphatic heterocycles. The van der Waals surface area contributed by atoms with E-state index in [2.05, 4.69) is 19.6 Å². The van der Waals surface area contributed by atoms with Gasteiger partial charge in [0.25, 0.3) is 0 Å². The van der Waals surface area contributed by atoms with E-state index in [1.54, 1.807) is 23.5 Å². The molecule has 0 bridgehead atoms. The SMILES string of the molecule is CN(Cc1ncon1)C(=O)C1CC(=O)N(c2nccs2)C1. The zero-order valence-corrected chi connectivity index (χ0v) is 12.1. The molecule has 2 amide bonds. The molecular formula is C12H13N5O3S. The first-order chi connectivity index (χ1) is 10.1. The summed E-state index contributed by atoms with van der Waals surface area (Å²) in [5, 5.41) is 6.11. The van der Waals surface area contributed by atoms with Crippen LogP contribution in [0.4, 0.5) is 5.13 Å². The number of rotatable bonds is 4. The predicted octanol–water partition coefficient (Wildman–Crippen LogP) is 0.538. The first kappa shape index (κ1) is 13.7. The van der Waals surface area contributed by atoms with E-state index < -0.39 is 0 Å². The molecule has 21 heavy (non-hydrogen) atoms. The van der Waals surface area contributed by atoms with Crippen LogP contribution in [0.15, 0.2) is 22.5 Å². The standard InChI is InChI=1S/C12H13N5O3S/c1-16(6-9-14-7-20-15-9)11(19)8-4-10(18)17(5-8)12-13-2-3-21-12/h2-3,7-8H,4-6H2,1H3. The van der Waals surface area contributed by atoms with Crippen LogP contribution in [0.3, 0.4) is 0 Å². The molecule has 0 N–H and O–H groups in total. The maximum absolute atomic E-state index is 12.4. The van der Waals surface area contributed by atoms with Crippen molar-refractivity contribution in [2.24, 2.45) is 5.92 Å². The maximum Gasteiger partial charge on any atom is 0.229 e. The Morgan fingerprint density at radius 2 is 2.43 bits per heavy atom. The van der Waals surface area contributed by atoms with Crippen molar-refractivity contribution >= 4 is 28.3 Å². The predicted molar refractivity (Wildman–Crippen MR) is 73.3 cm³/mol. The molecule has 110 valence electrons. The molecule has 1 saturated heterocycles. The monoisotopic (exact) mass is 307 g/mol. The summed E-state index contributed by atoms with van der Waals surface area (Å²) in [5.74, 6) is -0.103. The van der Waals surface area contributed by atoms with Gasteiger partial charge in [-0.15, -0.1) is 11.3 Å². The molecule has 0 aliphatic carbocycles. The summed E-state index contributed by atoms with van der Waals surface area (Å²) in [7, 11) is 1.66. The fourth-order valence-electron chi connectivity index (χ4n) is 2.27. The van der Waals surface area contributed by atoms with Crippen molar-refractivity contribution in [1.82, 2.24) is 20.0 Å². The van der Waals surface area contributed by atoms with Crippen LogP contribution in [-0.2, 0) is 16.1 Å². The number of carbonyl (C=O) groups excluding carboxylic acids is 2. The Labute approximate surface area is 124 Å². The van der Waals surface area contributed by atoms with Gasteiger partial charge in [0.2, 0.25) is 18.2 Å². The van der Waals surface area contributed by atoms with Crippen LogP contribution in [0, 0.1) is 5.92 Å². The summed E-state index contributed by atoms with van der Waals surface area (Å²) in [5.41, 5.74) is 0. The third-order valence-electron chi connectivity index (χ3n) is 3.29. The number of hydrogen-bond acceptors (Lipinski definition) is 7. The lowest BCUT2D eigenvalue weighted by Gasteiger charge is -2.19. The zero-order chi connectivity index (χ0) is 14.8. The topological polar surface area (TPSA) is 92.4 Å². The fourth-order valence-corrected chi connectivity index (χ4v) is 2.94. The van der Waals surface area contributed by atoms with Crippen molar-refractivity contribution in [3.8, 4) is 0 Å². The minimum Gasteiger partial charge on any atom is -0.343 e. The third kappa shape index (κ3) is 2.77. The van der Waals surface area contributed by atoms with Crippen LogP contribution in [-0.4, -0.2) is 45.4 Å². The van der Waals surface area contributed by atoms with Crippen LogP contribution >= 0.6 is 11.3 Å². The molecule has 8 nitrogen and oxygen atoms in total. The average Bonchev–Trinajstić information content (AvgIpc) is 3.17. The third-order valence-corrected chi connectivity index (χ3v) is 4.08. The largest absolute Gasteiger partial charge is 0.343 e. The van der Waals surface area contributed by atoms with Gasteiger partial charge in [0.1, 0.15) is 0 Å². The fraction of sp³-hybridized carbons (Fsp3) is 0.417.